The molecule has 2 heterocycles. The molecule has 0 spiro atoms. The molecule has 1 N–H and O–H groups in total. The molecule has 1 aromatic heterocycles. The summed E-state index contributed by atoms with van der Waals surface area (Å²) in [5.74, 6) is 0.501. The summed E-state index contributed by atoms with van der Waals surface area (Å²) in [5.41, 5.74) is 1.03. The Bertz CT molecular complexity index is 1100. The van der Waals surface area contributed by atoms with Gasteiger partial charge in [-0.15, -0.1) is 0 Å². The zero-order chi connectivity index (χ0) is 20.2. The molecule has 0 radical (unpaired) electrons. The molecule has 1 aliphatic heterocycles. The van der Waals surface area contributed by atoms with Gasteiger partial charge in [0.05, 0.1) is 42.7 Å². The van der Waals surface area contributed by atoms with Crippen LogP contribution in [0.3, 0.4) is 0 Å². The highest BCUT2D eigenvalue weighted by Gasteiger charge is 2.26. The van der Waals surface area contributed by atoms with Gasteiger partial charge in [-0.2, -0.15) is 5.26 Å². The van der Waals surface area contributed by atoms with E-state index < -0.39 is 0 Å². The third kappa shape index (κ3) is 4.27. The number of methoxy groups -OCH3 is 1. The number of benzene rings is 1. The number of ether oxygens (including phenoxy) is 3. The molecule has 2 aromatic rings. The number of para-hydroxylation sites is 2. The van der Waals surface area contributed by atoms with Crippen molar-refractivity contribution < 1.29 is 19.0 Å². The molecule has 1 amide bonds. The van der Waals surface area contributed by atoms with Crippen molar-refractivity contribution in [1.29, 1.82) is 5.26 Å². The van der Waals surface area contributed by atoms with Crippen LogP contribution in [0.1, 0.15) is 5.56 Å². The third-order valence-corrected chi connectivity index (χ3v) is 5.57. The first-order valence-corrected chi connectivity index (χ1v) is 10.1. The van der Waals surface area contributed by atoms with Crippen molar-refractivity contribution in [1.82, 2.24) is 4.98 Å². The maximum atomic E-state index is 12.4. The van der Waals surface area contributed by atoms with E-state index >= 15 is 0 Å². The van der Waals surface area contributed by atoms with Gasteiger partial charge in [-0.1, -0.05) is 23.9 Å². The van der Waals surface area contributed by atoms with Crippen molar-refractivity contribution in [2.45, 2.75) is 17.2 Å². The molecule has 1 aliphatic carbocycles. The number of pyridine rings is 1. The van der Waals surface area contributed by atoms with Crippen molar-refractivity contribution in [3.8, 4) is 11.8 Å². The van der Waals surface area contributed by atoms with Crippen LogP contribution >= 0.6 is 11.8 Å². The van der Waals surface area contributed by atoms with E-state index in [1.54, 1.807) is 25.3 Å². The Balaban J connectivity index is 1.52. The second-order valence-electron chi connectivity index (χ2n) is 6.47. The van der Waals surface area contributed by atoms with E-state index in [1.165, 1.54) is 11.8 Å². The smallest absolute Gasteiger partial charge is 0.234 e. The molecular weight excluding hydrogens is 390 g/mol. The highest BCUT2D eigenvalue weighted by atomic mass is 32.2. The minimum absolute atomic E-state index is 0.119. The predicted molar refractivity (Wildman–Crippen MR) is 109 cm³/mol. The van der Waals surface area contributed by atoms with Crippen LogP contribution in [0.15, 0.2) is 35.4 Å². The van der Waals surface area contributed by atoms with Crippen LogP contribution in [0.25, 0.3) is 12.2 Å². The van der Waals surface area contributed by atoms with E-state index in [0.717, 1.165) is 10.6 Å². The molecule has 2 unspecified atom stereocenters. The summed E-state index contributed by atoms with van der Waals surface area (Å²) in [5, 5.41) is 14.4. The summed E-state index contributed by atoms with van der Waals surface area (Å²) in [6.45, 7) is 1.09. The summed E-state index contributed by atoms with van der Waals surface area (Å²) in [7, 11) is 1.55. The lowest BCUT2D eigenvalue weighted by Crippen LogP contribution is -2.45. The zero-order valence-electron chi connectivity index (χ0n) is 15.8. The number of carbonyl (C=O) groups is 1. The monoisotopic (exact) mass is 409 g/mol. The van der Waals surface area contributed by atoms with Crippen LogP contribution in [-0.4, -0.2) is 49.2 Å². The van der Waals surface area contributed by atoms with Crippen LogP contribution in [0.2, 0.25) is 0 Å². The number of nitrogens with one attached hydrogen (secondary N) is 1. The molecule has 29 heavy (non-hydrogen) atoms. The lowest BCUT2D eigenvalue weighted by atomic mass is 10.0. The normalized spacial score (nSPS) is 19.6. The van der Waals surface area contributed by atoms with Gasteiger partial charge in [0, 0.05) is 5.22 Å². The average molecular weight is 409 g/mol. The zero-order valence-corrected chi connectivity index (χ0v) is 16.6. The fourth-order valence-corrected chi connectivity index (χ4v) is 3.99. The molecular formula is C21H19N3O4S. The predicted octanol–water partition coefficient (Wildman–Crippen LogP) is 1.05. The molecule has 4 rings (SSSR count). The quantitative estimate of drug-likeness (QED) is 0.738. The second kappa shape index (κ2) is 8.66. The van der Waals surface area contributed by atoms with Crippen LogP contribution < -0.4 is 20.6 Å². The maximum absolute atomic E-state index is 12.4. The van der Waals surface area contributed by atoms with Crippen LogP contribution in [-0.2, 0) is 14.3 Å². The molecule has 1 fully saturated rings. The Morgan fingerprint density at radius 3 is 2.83 bits per heavy atom. The van der Waals surface area contributed by atoms with Gasteiger partial charge in [0.25, 0.3) is 0 Å². The number of nitriles is 1. The second-order valence-corrected chi connectivity index (χ2v) is 7.43. The summed E-state index contributed by atoms with van der Waals surface area (Å²) >= 11 is 1.22. The first kappa shape index (κ1) is 19.5. The summed E-state index contributed by atoms with van der Waals surface area (Å²) in [6, 6.07) is 11.2. The largest absolute Gasteiger partial charge is 0.495 e. The minimum atomic E-state index is -0.206. The standard InChI is InChI=1S/C21H19N3O4S/c1-26-17-5-3-2-4-15(17)23-20(25)12-29-21-14(11-22)8-13-9-18-19(10-16(13)24-21)28-7-6-27-18/h2-5,8-10,18-19H,6-7,12H2,1H3,(H,23,25). The van der Waals surface area contributed by atoms with Crippen molar-refractivity contribution in [3.05, 3.63) is 46.5 Å². The maximum Gasteiger partial charge on any atom is 0.234 e. The van der Waals surface area contributed by atoms with Gasteiger partial charge in [-0.05, 0) is 30.4 Å². The lowest BCUT2D eigenvalue weighted by molar-refractivity contribution is -0.113. The molecule has 2 aliphatic rings. The third-order valence-electron chi connectivity index (χ3n) is 4.58. The van der Waals surface area contributed by atoms with E-state index in [-0.39, 0.29) is 23.9 Å². The van der Waals surface area contributed by atoms with Gasteiger partial charge in [0.1, 0.15) is 29.1 Å². The molecule has 1 saturated heterocycles. The number of hydrogen-bond donors (Lipinski definition) is 1. The number of rotatable bonds is 5. The van der Waals surface area contributed by atoms with Crippen molar-refractivity contribution >= 4 is 35.5 Å². The molecule has 7 nitrogen and oxygen atoms in total. The summed E-state index contributed by atoms with van der Waals surface area (Å²) in [6.07, 6.45) is 3.52. The number of thioether (sulfide) groups is 1. The summed E-state index contributed by atoms with van der Waals surface area (Å²) < 4.78 is 16.7. The molecule has 2 atom stereocenters. The van der Waals surface area contributed by atoms with E-state index in [0.29, 0.717) is 35.2 Å². The Morgan fingerprint density at radius 2 is 2.07 bits per heavy atom. The lowest BCUT2D eigenvalue weighted by Gasteiger charge is -2.29. The number of anilines is 1. The highest BCUT2D eigenvalue weighted by molar-refractivity contribution is 8.00. The van der Waals surface area contributed by atoms with Gasteiger partial charge in [-0.3, -0.25) is 4.79 Å². The minimum Gasteiger partial charge on any atom is -0.495 e. The SMILES string of the molecule is COc1ccccc1NC(=O)CSc1nc2c(cc1C#N)=CC1OCCOC1C=2. The van der Waals surface area contributed by atoms with Crippen molar-refractivity contribution in [2.75, 3.05) is 31.4 Å². The molecule has 0 saturated carbocycles. The van der Waals surface area contributed by atoms with E-state index in [2.05, 4.69) is 16.4 Å². The highest BCUT2D eigenvalue weighted by Crippen LogP contribution is 2.24. The fraction of sp³-hybridized carbons (Fsp3) is 0.286. The number of fused-ring (bicyclic) bond motifs is 2. The van der Waals surface area contributed by atoms with Gasteiger partial charge in [0.2, 0.25) is 5.91 Å². The topological polar surface area (TPSA) is 93.5 Å². The summed E-state index contributed by atoms with van der Waals surface area (Å²) in [4.78, 5) is 17.0. The van der Waals surface area contributed by atoms with Crippen molar-refractivity contribution in [3.63, 3.8) is 0 Å². The van der Waals surface area contributed by atoms with E-state index in [1.807, 2.05) is 24.3 Å². The number of carbonyl (C=O) groups excluding carboxylic acids is 1. The number of nitrogens with zero attached hydrogens (tertiary/aromatic N) is 2. The Hall–Kier alpha value is -2.86. The average Bonchev–Trinajstić information content (AvgIpc) is 2.76. The fourth-order valence-electron chi connectivity index (χ4n) is 3.23. The molecule has 8 heteroatoms. The van der Waals surface area contributed by atoms with Crippen LogP contribution in [0, 0.1) is 11.3 Å². The van der Waals surface area contributed by atoms with Gasteiger partial charge < -0.3 is 19.5 Å². The number of hydrogen-bond acceptors (Lipinski definition) is 7. The van der Waals surface area contributed by atoms with E-state index in [9.17, 15) is 10.1 Å². The van der Waals surface area contributed by atoms with E-state index in [4.69, 9.17) is 14.2 Å². The first-order chi connectivity index (χ1) is 14.2. The van der Waals surface area contributed by atoms with Crippen molar-refractivity contribution in [2.24, 2.45) is 0 Å². The van der Waals surface area contributed by atoms with Gasteiger partial charge in [0.15, 0.2) is 0 Å². The molecule has 0 bridgehead atoms. The molecule has 1 aromatic carbocycles. The Morgan fingerprint density at radius 1 is 1.31 bits per heavy atom. The van der Waals surface area contributed by atoms with Crippen LogP contribution in [0.4, 0.5) is 5.69 Å². The number of aromatic nitrogens is 1. The molecule has 148 valence electrons. The Kier molecular flexibility index (Phi) is 5.81. The first-order valence-electron chi connectivity index (χ1n) is 9.11. The van der Waals surface area contributed by atoms with Gasteiger partial charge in [-0.25, -0.2) is 4.98 Å². The number of amides is 1. The Labute approximate surface area is 172 Å². The van der Waals surface area contributed by atoms with Gasteiger partial charge >= 0.3 is 0 Å². The van der Waals surface area contributed by atoms with Crippen LogP contribution in [0.5, 0.6) is 5.75 Å².